The van der Waals surface area contributed by atoms with Gasteiger partial charge in [-0.3, -0.25) is 0 Å². The minimum Gasteiger partial charge on any atom is -0.466 e. The van der Waals surface area contributed by atoms with Crippen LogP contribution in [0.2, 0.25) is 0 Å². The number of hydrogen-bond donors (Lipinski definition) is 0. The molecule has 0 bridgehead atoms. The van der Waals surface area contributed by atoms with Crippen LogP contribution in [0.15, 0.2) is 11.6 Å². The van der Waals surface area contributed by atoms with Crippen LogP contribution in [0.4, 0.5) is 0 Å². The molecule has 1 aliphatic carbocycles. The lowest BCUT2D eigenvalue weighted by Gasteiger charge is -2.19. The van der Waals surface area contributed by atoms with Crippen molar-refractivity contribution in [2.45, 2.75) is 44.1 Å². The number of carbonyl (C=O) groups excluding carboxylic acids is 1. The van der Waals surface area contributed by atoms with Gasteiger partial charge in [-0.05, 0) is 19.9 Å². The molecule has 3 unspecified atom stereocenters. The molecule has 0 aromatic carbocycles. The van der Waals surface area contributed by atoms with E-state index in [4.69, 9.17) is 18.9 Å². The fourth-order valence-corrected chi connectivity index (χ4v) is 2.38. The highest BCUT2D eigenvalue weighted by Crippen LogP contribution is 2.45. The van der Waals surface area contributed by atoms with E-state index >= 15 is 0 Å². The molecule has 5 nitrogen and oxygen atoms in total. The van der Waals surface area contributed by atoms with Gasteiger partial charge in [-0.1, -0.05) is 0 Å². The zero-order chi connectivity index (χ0) is 11.5. The normalized spacial score (nSPS) is 43.1. The lowest BCUT2D eigenvalue weighted by Crippen LogP contribution is -2.37. The second-order valence-electron chi connectivity index (χ2n) is 4.70. The monoisotopic (exact) mass is 226 g/mol. The number of fused-ring (bicyclic) bond motifs is 3. The molecule has 5 heteroatoms. The van der Waals surface area contributed by atoms with Crippen LogP contribution < -0.4 is 0 Å². The lowest BCUT2D eigenvalue weighted by molar-refractivity contribution is -0.148. The van der Waals surface area contributed by atoms with Crippen molar-refractivity contribution in [3.05, 3.63) is 11.6 Å². The van der Waals surface area contributed by atoms with Crippen LogP contribution in [0.3, 0.4) is 0 Å². The van der Waals surface area contributed by atoms with E-state index in [0.717, 1.165) is 0 Å². The van der Waals surface area contributed by atoms with Gasteiger partial charge in [0.25, 0.3) is 0 Å². The maximum absolute atomic E-state index is 11.6. The molecule has 2 saturated heterocycles. The Morgan fingerprint density at radius 2 is 2.12 bits per heavy atom. The molecule has 3 aliphatic rings. The molecule has 2 heterocycles. The minimum atomic E-state index is -0.677. The number of rotatable bonds is 1. The average molecular weight is 226 g/mol. The maximum atomic E-state index is 11.6. The Balaban J connectivity index is 1.92. The lowest BCUT2D eigenvalue weighted by atomic mass is 9.94. The van der Waals surface area contributed by atoms with E-state index in [9.17, 15) is 4.79 Å². The molecular weight excluding hydrogens is 212 g/mol. The average Bonchev–Trinajstić information content (AvgIpc) is 2.92. The van der Waals surface area contributed by atoms with E-state index in [-0.39, 0.29) is 30.4 Å². The van der Waals surface area contributed by atoms with Crippen molar-refractivity contribution in [3.63, 3.8) is 0 Å². The third-order valence-electron chi connectivity index (χ3n) is 3.09. The van der Waals surface area contributed by atoms with Crippen molar-refractivity contribution >= 4 is 5.97 Å². The molecule has 0 amide bonds. The fourth-order valence-electron chi connectivity index (χ4n) is 2.38. The number of epoxide rings is 1. The molecule has 0 saturated carbocycles. The van der Waals surface area contributed by atoms with E-state index in [2.05, 4.69) is 0 Å². The third-order valence-corrected chi connectivity index (χ3v) is 3.09. The molecule has 2 aliphatic heterocycles. The molecule has 3 rings (SSSR count). The van der Waals surface area contributed by atoms with Gasteiger partial charge in [0, 0.05) is 0 Å². The Hall–Kier alpha value is -0.910. The Morgan fingerprint density at radius 3 is 2.81 bits per heavy atom. The Kier molecular flexibility index (Phi) is 1.96. The summed E-state index contributed by atoms with van der Waals surface area (Å²) in [6.07, 6.45) is 1.22. The Labute approximate surface area is 93.3 Å². The third kappa shape index (κ3) is 1.39. The fraction of sp³-hybridized carbons (Fsp3) is 0.727. The van der Waals surface area contributed by atoms with Gasteiger partial charge in [-0.2, -0.15) is 0 Å². The van der Waals surface area contributed by atoms with E-state index in [1.807, 2.05) is 13.8 Å². The van der Waals surface area contributed by atoms with E-state index in [1.54, 1.807) is 6.08 Å². The van der Waals surface area contributed by atoms with Crippen molar-refractivity contribution < 1.29 is 23.7 Å². The molecule has 4 atom stereocenters. The van der Waals surface area contributed by atoms with Crippen molar-refractivity contribution in [2.75, 3.05) is 7.11 Å². The summed E-state index contributed by atoms with van der Waals surface area (Å²) >= 11 is 0. The molecule has 88 valence electrons. The van der Waals surface area contributed by atoms with Crippen LogP contribution in [0.5, 0.6) is 0 Å². The summed E-state index contributed by atoms with van der Waals surface area (Å²) in [7, 11) is 1.36. The van der Waals surface area contributed by atoms with Gasteiger partial charge in [-0.15, -0.1) is 0 Å². The first kappa shape index (κ1) is 10.3. The second kappa shape index (κ2) is 3.06. The quantitative estimate of drug-likeness (QED) is 0.478. The first-order valence-corrected chi connectivity index (χ1v) is 5.33. The Morgan fingerprint density at radius 1 is 1.38 bits per heavy atom. The summed E-state index contributed by atoms with van der Waals surface area (Å²) in [5, 5.41) is 0. The van der Waals surface area contributed by atoms with Gasteiger partial charge in [0.15, 0.2) is 5.79 Å². The molecule has 16 heavy (non-hydrogen) atoms. The zero-order valence-electron chi connectivity index (χ0n) is 9.43. The first-order chi connectivity index (χ1) is 7.52. The van der Waals surface area contributed by atoms with Gasteiger partial charge >= 0.3 is 5.97 Å². The smallest absolute Gasteiger partial charge is 0.336 e. The summed E-state index contributed by atoms with van der Waals surface area (Å²) in [5.74, 6) is -1.05. The van der Waals surface area contributed by atoms with E-state index in [0.29, 0.717) is 5.57 Å². The van der Waals surface area contributed by atoms with Gasteiger partial charge in [0.05, 0.1) is 12.7 Å². The van der Waals surface area contributed by atoms with Gasteiger partial charge in [-0.25, -0.2) is 4.79 Å². The number of hydrogen-bond acceptors (Lipinski definition) is 5. The molecule has 0 N–H and O–H groups in total. The summed E-state index contributed by atoms with van der Waals surface area (Å²) in [6, 6.07) is 0. The maximum Gasteiger partial charge on any atom is 0.336 e. The number of carbonyl (C=O) groups is 1. The zero-order valence-corrected chi connectivity index (χ0v) is 9.43. The van der Waals surface area contributed by atoms with Gasteiger partial charge in [0.1, 0.15) is 24.4 Å². The first-order valence-electron chi connectivity index (χ1n) is 5.33. The summed E-state index contributed by atoms with van der Waals surface area (Å²) in [4.78, 5) is 11.6. The van der Waals surface area contributed by atoms with E-state index < -0.39 is 5.79 Å². The molecule has 2 fully saturated rings. The molecule has 0 radical (unpaired) electrons. The summed E-state index contributed by atoms with van der Waals surface area (Å²) < 4.78 is 21.6. The topological polar surface area (TPSA) is 57.3 Å². The largest absolute Gasteiger partial charge is 0.466 e. The molecular formula is C11H14O5. The highest BCUT2D eigenvalue weighted by molar-refractivity contribution is 5.90. The molecule has 0 aromatic rings. The van der Waals surface area contributed by atoms with Gasteiger partial charge in [0.2, 0.25) is 0 Å². The van der Waals surface area contributed by atoms with Crippen LogP contribution in [0.25, 0.3) is 0 Å². The van der Waals surface area contributed by atoms with Crippen LogP contribution in [0, 0.1) is 0 Å². The van der Waals surface area contributed by atoms with Crippen molar-refractivity contribution in [3.8, 4) is 0 Å². The number of methoxy groups -OCH3 is 1. The molecule has 0 spiro atoms. The predicted octanol–water partition coefficient (Wildman–Crippen LogP) is 0.387. The second-order valence-corrected chi connectivity index (χ2v) is 4.70. The number of ether oxygens (including phenoxy) is 4. The summed E-state index contributed by atoms with van der Waals surface area (Å²) in [6.45, 7) is 3.66. The predicted molar refractivity (Wildman–Crippen MR) is 52.6 cm³/mol. The van der Waals surface area contributed by atoms with Gasteiger partial charge < -0.3 is 18.9 Å². The highest BCUT2D eigenvalue weighted by atomic mass is 16.8. The number of esters is 1. The molecule has 0 aromatic heterocycles. The van der Waals surface area contributed by atoms with Crippen molar-refractivity contribution in [1.29, 1.82) is 0 Å². The van der Waals surface area contributed by atoms with Crippen LogP contribution in [-0.2, 0) is 23.7 Å². The highest BCUT2D eigenvalue weighted by Gasteiger charge is 2.59. The minimum absolute atomic E-state index is 0.0205. The SMILES string of the molecule is COC(=O)C1=CC2O[C@H]2C2OC(C)(C)OC12. The van der Waals surface area contributed by atoms with Crippen molar-refractivity contribution in [1.82, 2.24) is 0 Å². The standard InChI is InChI=1S/C11H14O5/c1-11(2)15-7-5(10(12)13-3)4-6-8(14-6)9(7)16-11/h4,6-9H,1-3H3/t6?,7?,8-,9?/m1/s1. The van der Waals surface area contributed by atoms with Crippen molar-refractivity contribution in [2.24, 2.45) is 0 Å². The van der Waals surface area contributed by atoms with E-state index in [1.165, 1.54) is 7.11 Å². The Bertz CT molecular complexity index is 373. The van der Waals surface area contributed by atoms with Crippen LogP contribution in [-0.4, -0.2) is 43.3 Å². The summed E-state index contributed by atoms with van der Waals surface area (Å²) in [5.41, 5.74) is 0.511. The van der Waals surface area contributed by atoms with Crippen LogP contribution in [0.1, 0.15) is 13.8 Å². The van der Waals surface area contributed by atoms with Crippen LogP contribution >= 0.6 is 0 Å².